The van der Waals surface area contributed by atoms with Crippen LogP contribution in [0.15, 0.2) is 41.3 Å². The van der Waals surface area contributed by atoms with Crippen LogP contribution in [0.5, 0.6) is 5.75 Å². The van der Waals surface area contributed by atoms with Gasteiger partial charge in [-0.15, -0.1) is 11.8 Å². The van der Waals surface area contributed by atoms with Crippen LogP contribution in [0.1, 0.15) is 24.0 Å². The molecule has 136 valence electrons. The highest BCUT2D eigenvalue weighted by molar-refractivity contribution is 7.99. The number of hydrogen-bond donors (Lipinski definition) is 1. The normalized spacial score (nSPS) is 10.9. The van der Waals surface area contributed by atoms with Crippen LogP contribution in [0.4, 0.5) is 5.13 Å². The van der Waals surface area contributed by atoms with Crippen LogP contribution >= 0.6 is 23.1 Å². The molecule has 0 saturated heterocycles. The molecule has 1 amide bonds. The molecule has 0 radical (unpaired) electrons. The van der Waals surface area contributed by atoms with Crippen molar-refractivity contribution in [3.8, 4) is 5.75 Å². The van der Waals surface area contributed by atoms with E-state index in [4.69, 9.17) is 4.74 Å². The number of amides is 1. The molecule has 3 aromatic rings. The number of nitrogens with zero attached hydrogens (tertiary/aromatic N) is 1. The number of aromatic nitrogens is 1. The Morgan fingerprint density at radius 3 is 2.65 bits per heavy atom. The predicted molar refractivity (Wildman–Crippen MR) is 111 cm³/mol. The number of hydrogen-bond acceptors (Lipinski definition) is 5. The SMILES string of the molecule is COc1ccc(SCCCC(=O)Nc2nc3cc(C)c(C)cc3s2)cc1. The lowest BCUT2D eigenvalue weighted by Gasteiger charge is -2.04. The number of ether oxygens (including phenoxy) is 1. The molecule has 0 aliphatic carbocycles. The molecule has 1 N–H and O–H groups in total. The van der Waals surface area contributed by atoms with Crippen molar-refractivity contribution in [2.75, 3.05) is 18.2 Å². The summed E-state index contributed by atoms with van der Waals surface area (Å²) in [6.45, 7) is 4.17. The summed E-state index contributed by atoms with van der Waals surface area (Å²) in [6, 6.07) is 12.2. The quantitative estimate of drug-likeness (QED) is 0.434. The van der Waals surface area contributed by atoms with Gasteiger partial charge < -0.3 is 10.1 Å². The van der Waals surface area contributed by atoms with E-state index in [1.165, 1.54) is 27.4 Å². The lowest BCUT2D eigenvalue weighted by atomic mass is 10.1. The van der Waals surface area contributed by atoms with Crippen molar-refractivity contribution in [2.45, 2.75) is 31.6 Å². The third-order valence-electron chi connectivity index (χ3n) is 4.13. The number of rotatable bonds is 7. The fourth-order valence-electron chi connectivity index (χ4n) is 2.51. The van der Waals surface area contributed by atoms with Gasteiger partial charge in [-0.2, -0.15) is 0 Å². The smallest absolute Gasteiger partial charge is 0.226 e. The second-order valence-electron chi connectivity index (χ2n) is 6.10. The first-order valence-electron chi connectivity index (χ1n) is 8.49. The van der Waals surface area contributed by atoms with Crippen LogP contribution in [0.3, 0.4) is 0 Å². The Balaban J connectivity index is 1.46. The monoisotopic (exact) mass is 386 g/mol. The van der Waals surface area contributed by atoms with Gasteiger partial charge in [0, 0.05) is 11.3 Å². The number of carbonyl (C=O) groups is 1. The molecule has 0 spiro atoms. The summed E-state index contributed by atoms with van der Waals surface area (Å²) in [5.41, 5.74) is 3.41. The Hall–Kier alpha value is -2.05. The number of thioether (sulfide) groups is 1. The molecular weight excluding hydrogens is 364 g/mol. The average Bonchev–Trinajstić information content (AvgIpc) is 3.00. The standard InChI is InChI=1S/C20H22N2O2S2/c1-13-11-17-18(12-14(13)2)26-20(21-17)22-19(23)5-4-10-25-16-8-6-15(24-3)7-9-16/h6-9,11-12H,4-5,10H2,1-3H3,(H,21,22,23). The van der Waals surface area contributed by atoms with Crippen LogP contribution in [-0.4, -0.2) is 23.8 Å². The van der Waals surface area contributed by atoms with Gasteiger partial charge in [-0.1, -0.05) is 11.3 Å². The van der Waals surface area contributed by atoms with E-state index in [0.717, 1.165) is 28.1 Å². The van der Waals surface area contributed by atoms with E-state index in [1.54, 1.807) is 18.9 Å². The van der Waals surface area contributed by atoms with Crippen LogP contribution in [0, 0.1) is 13.8 Å². The summed E-state index contributed by atoms with van der Waals surface area (Å²) >= 11 is 3.27. The van der Waals surface area contributed by atoms with Gasteiger partial charge in [0.25, 0.3) is 0 Å². The summed E-state index contributed by atoms with van der Waals surface area (Å²) < 4.78 is 6.26. The van der Waals surface area contributed by atoms with E-state index >= 15 is 0 Å². The predicted octanol–water partition coefficient (Wildman–Crippen LogP) is 5.43. The summed E-state index contributed by atoms with van der Waals surface area (Å²) in [5.74, 6) is 1.78. The van der Waals surface area contributed by atoms with E-state index in [0.29, 0.717) is 11.6 Å². The van der Waals surface area contributed by atoms with E-state index < -0.39 is 0 Å². The fourth-order valence-corrected chi connectivity index (χ4v) is 4.32. The van der Waals surface area contributed by atoms with Gasteiger partial charge >= 0.3 is 0 Å². The van der Waals surface area contributed by atoms with Crippen molar-refractivity contribution >= 4 is 44.4 Å². The molecule has 1 aromatic heterocycles. The van der Waals surface area contributed by atoms with E-state index in [-0.39, 0.29) is 5.91 Å². The summed E-state index contributed by atoms with van der Waals surface area (Å²) in [4.78, 5) is 17.8. The second-order valence-corrected chi connectivity index (χ2v) is 8.30. The summed E-state index contributed by atoms with van der Waals surface area (Å²) in [5, 5.41) is 3.61. The van der Waals surface area contributed by atoms with Gasteiger partial charge in [-0.05, 0) is 73.5 Å². The molecule has 0 aliphatic rings. The third kappa shape index (κ3) is 4.77. The lowest BCUT2D eigenvalue weighted by molar-refractivity contribution is -0.116. The number of nitrogens with one attached hydrogen (secondary N) is 1. The lowest BCUT2D eigenvalue weighted by Crippen LogP contribution is -2.11. The van der Waals surface area contributed by atoms with Crippen LogP contribution in [0.25, 0.3) is 10.2 Å². The first-order chi connectivity index (χ1) is 12.5. The number of carbonyl (C=O) groups excluding carboxylic acids is 1. The molecule has 0 aliphatic heterocycles. The minimum atomic E-state index is 0.0211. The molecule has 0 atom stereocenters. The highest BCUT2D eigenvalue weighted by Crippen LogP contribution is 2.28. The maximum Gasteiger partial charge on any atom is 0.226 e. The average molecular weight is 387 g/mol. The number of benzene rings is 2. The summed E-state index contributed by atoms with van der Waals surface area (Å²) in [6.07, 6.45) is 1.32. The van der Waals surface area contributed by atoms with E-state index in [2.05, 4.69) is 36.3 Å². The third-order valence-corrected chi connectivity index (χ3v) is 6.16. The molecule has 0 bridgehead atoms. The first-order valence-corrected chi connectivity index (χ1v) is 10.3. The maximum absolute atomic E-state index is 12.1. The van der Waals surface area contributed by atoms with Gasteiger partial charge in [0.1, 0.15) is 5.75 Å². The zero-order valence-corrected chi connectivity index (χ0v) is 16.8. The topological polar surface area (TPSA) is 51.2 Å². The Morgan fingerprint density at radius 1 is 1.19 bits per heavy atom. The van der Waals surface area contributed by atoms with E-state index in [9.17, 15) is 4.79 Å². The molecule has 26 heavy (non-hydrogen) atoms. The largest absolute Gasteiger partial charge is 0.497 e. The van der Waals surface area contributed by atoms with Gasteiger partial charge in [0.2, 0.25) is 5.91 Å². The second kappa shape index (κ2) is 8.56. The zero-order valence-electron chi connectivity index (χ0n) is 15.2. The molecule has 0 unspecified atom stereocenters. The first kappa shape index (κ1) is 18.7. The Morgan fingerprint density at radius 2 is 1.92 bits per heavy atom. The van der Waals surface area contributed by atoms with Gasteiger partial charge in [-0.3, -0.25) is 4.79 Å². The Labute approximate surface area is 162 Å². The minimum absolute atomic E-state index is 0.0211. The molecule has 0 fully saturated rings. The highest BCUT2D eigenvalue weighted by atomic mass is 32.2. The van der Waals surface area contributed by atoms with Crippen molar-refractivity contribution in [2.24, 2.45) is 0 Å². The van der Waals surface area contributed by atoms with Crippen LogP contribution in [-0.2, 0) is 4.79 Å². The maximum atomic E-state index is 12.1. The van der Waals surface area contributed by atoms with Gasteiger partial charge in [-0.25, -0.2) is 4.98 Å². The molecule has 1 heterocycles. The van der Waals surface area contributed by atoms with Gasteiger partial charge in [0.05, 0.1) is 17.3 Å². The molecule has 3 rings (SSSR count). The van der Waals surface area contributed by atoms with Crippen molar-refractivity contribution < 1.29 is 9.53 Å². The van der Waals surface area contributed by atoms with Gasteiger partial charge in [0.15, 0.2) is 5.13 Å². The van der Waals surface area contributed by atoms with Crippen molar-refractivity contribution in [1.29, 1.82) is 0 Å². The number of thiazole rings is 1. The molecule has 4 nitrogen and oxygen atoms in total. The van der Waals surface area contributed by atoms with Crippen molar-refractivity contribution in [1.82, 2.24) is 4.98 Å². The fraction of sp³-hybridized carbons (Fsp3) is 0.300. The number of methoxy groups -OCH3 is 1. The molecule has 2 aromatic carbocycles. The number of anilines is 1. The Bertz CT molecular complexity index is 865. The highest BCUT2D eigenvalue weighted by Gasteiger charge is 2.09. The van der Waals surface area contributed by atoms with Crippen molar-refractivity contribution in [3.63, 3.8) is 0 Å². The van der Waals surface area contributed by atoms with Crippen LogP contribution in [0.2, 0.25) is 0 Å². The van der Waals surface area contributed by atoms with E-state index in [1.807, 2.05) is 24.3 Å². The molecule has 0 saturated carbocycles. The van der Waals surface area contributed by atoms with Crippen molar-refractivity contribution in [3.05, 3.63) is 47.5 Å². The Kier molecular flexibility index (Phi) is 6.16. The minimum Gasteiger partial charge on any atom is -0.497 e. The molecular formula is C20H22N2O2S2. The zero-order chi connectivity index (χ0) is 18.5. The molecule has 6 heteroatoms. The number of fused-ring (bicyclic) bond motifs is 1. The number of aryl methyl sites for hydroxylation is 2. The van der Waals surface area contributed by atoms with Crippen LogP contribution < -0.4 is 10.1 Å². The summed E-state index contributed by atoms with van der Waals surface area (Å²) in [7, 11) is 1.66.